The van der Waals surface area contributed by atoms with E-state index in [0.29, 0.717) is 12.2 Å². The van der Waals surface area contributed by atoms with E-state index in [1.165, 1.54) is 17.0 Å². The molecule has 0 heterocycles. The van der Waals surface area contributed by atoms with Crippen LogP contribution in [0.2, 0.25) is 0 Å². The van der Waals surface area contributed by atoms with E-state index < -0.39 is 28.5 Å². The zero-order valence-corrected chi connectivity index (χ0v) is 24.5. The van der Waals surface area contributed by atoms with Crippen molar-refractivity contribution >= 4 is 43.5 Å². The first-order chi connectivity index (χ1) is 18.0. The monoisotopic (exact) mass is 599 g/mol. The molecule has 0 fully saturated rings. The minimum absolute atomic E-state index is 0.0851. The van der Waals surface area contributed by atoms with E-state index in [1.54, 1.807) is 49.4 Å². The predicted molar refractivity (Wildman–Crippen MR) is 154 cm³/mol. The van der Waals surface area contributed by atoms with Crippen LogP contribution in [-0.4, -0.2) is 44.3 Å². The van der Waals surface area contributed by atoms with Crippen molar-refractivity contribution in [2.45, 2.75) is 45.2 Å². The van der Waals surface area contributed by atoms with Gasteiger partial charge in [0, 0.05) is 17.6 Å². The van der Waals surface area contributed by atoms with Crippen molar-refractivity contribution < 1.29 is 18.0 Å². The van der Waals surface area contributed by atoms with Crippen LogP contribution in [-0.2, 0) is 26.2 Å². The van der Waals surface area contributed by atoms with Gasteiger partial charge >= 0.3 is 0 Å². The Labute approximate surface area is 234 Å². The second kappa shape index (κ2) is 13.1. The van der Waals surface area contributed by atoms with Gasteiger partial charge < -0.3 is 10.2 Å². The molecule has 0 aliphatic heterocycles. The fraction of sp³-hybridized carbons (Fsp3) is 0.310. The van der Waals surface area contributed by atoms with E-state index in [4.69, 9.17) is 0 Å². The molecule has 0 saturated carbocycles. The minimum Gasteiger partial charge on any atom is -0.354 e. The Balaban J connectivity index is 1.97. The third kappa shape index (κ3) is 7.68. The first-order valence-corrected chi connectivity index (χ1v) is 14.7. The van der Waals surface area contributed by atoms with Gasteiger partial charge in [-0.2, -0.15) is 0 Å². The standard InChI is InChI=1S/C29H34BrN3O4S/c1-21(2)18-31-29(35)23(4)32(19-24-12-14-25(30)15-13-24)28(34)20-33(26-8-6-5-7-9-26)38(36,37)27-16-10-22(3)11-17-27/h5-17,21,23H,18-20H2,1-4H3,(H,31,35)/t23-/m1/s1. The Morgan fingerprint density at radius 1 is 0.895 bits per heavy atom. The zero-order chi connectivity index (χ0) is 27.9. The van der Waals surface area contributed by atoms with Gasteiger partial charge in [0.25, 0.3) is 10.0 Å². The summed E-state index contributed by atoms with van der Waals surface area (Å²) in [5.74, 6) is -0.536. The number of carbonyl (C=O) groups is 2. The Bertz CT molecular complexity index is 1330. The maximum Gasteiger partial charge on any atom is 0.264 e. The number of aryl methyl sites for hydroxylation is 1. The van der Waals surface area contributed by atoms with Crippen molar-refractivity contribution in [2.24, 2.45) is 5.92 Å². The van der Waals surface area contributed by atoms with E-state index >= 15 is 0 Å². The quantitative estimate of drug-likeness (QED) is 0.330. The van der Waals surface area contributed by atoms with Crippen LogP contribution in [0, 0.1) is 12.8 Å². The molecule has 3 aromatic carbocycles. The van der Waals surface area contributed by atoms with Crippen molar-refractivity contribution in [1.29, 1.82) is 0 Å². The van der Waals surface area contributed by atoms with Gasteiger partial charge in [-0.3, -0.25) is 13.9 Å². The summed E-state index contributed by atoms with van der Waals surface area (Å²) in [6, 6.07) is 21.7. The SMILES string of the molecule is Cc1ccc(S(=O)(=O)N(CC(=O)N(Cc2ccc(Br)cc2)[C@H](C)C(=O)NCC(C)C)c2ccccc2)cc1. The van der Waals surface area contributed by atoms with E-state index in [0.717, 1.165) is 19.9 Å². The number of para-hydroxylation sites is 1. The largest absolute Gasteiger partial charge is 0.354 e. The van der Waals surface area contributed by atoms with E-state index in [9.17, 15) is 18.0 Å². The third-order valence-electron chi connectivity index (χ3n) is 6.05. The van der Waals surface area contributed by atoms with Gasteiger partial charge in [-0.15, -0.1) is 0 Å². The average Bonchev–Trinajstić information content (AvgIpc) is 2.90. The Hall–Kier alpha value is -3.17. The lowest BCUT2D eigenvalue weighted by atomic mass is 10.1. The number of halogens is 1. The Morgan fingerprint density at radius 3 is 2.08 bits per heavy atom. The highest BCUT2D eigenvalue weighted by atomic mass is 79.9. The number of rotatable bonds is 11. The first kappa shape index (κ1) is 29.4. The molecule has 0 aliphatic rings. The number of sulfonamides is 1. The molecule has 0 saturated heterocycles. The highest BCUT2D eigenvalue weighted by Crippen LogP contribution is 2.25. The maximum absolute atomic E-state index is 13.8. The number of nitrogens with one attached hydrogen (secondary N) is 1. The van der Waals surface area contributed by atoms with Crippen LogP contribution in [0.25, 0.3) is 0 Å². The summed E-state index contributed by atoms with van der Waals surface area (Å²) < 4.78 is 29.5. The van der Waals surface area contributed by atoms with Crippen molar-refractivity contribution in [2.75, 3.05) is 17.4 Å². The van der Waals surface area contributed by atoms with Gasteiger partial charge in [-0.1, -0.05) is 77.8 Å². The van der Waals surface area contributed by atoms with Gasteiger partial charge in [-0.05, 0) is 61.7 Å². The summed E-state index contributed by atoms with van der Waals surface area (Å²) in [6.45, 7) is 7.68. The lowest BCUT2D eigenvalue weighted by molar-refractivity contribution is -0.139. The number of benzene rings is 3. The molecule has 0 aromatic heterocycles. The van der Waals surface area contributed by atoms with Crippen LogP contribution in [0.1, 0.15) is 31.9 Å². The number of hydrogen-bond donors (Lipinski definition) is 1. The molecular weight excluding hydrogens is 566 g/mol. The van der Waals surface area contributed by atoms with E-state index in [-0.39, 0.29) is 23.3 Å². The van der Waals surface area contributed by atoms with Gasteiger partial charge in [0.15, 0.2) is 0 Å². The molecular formula is C29H34BrN3O4S. The first-order valence-electron chi connectivity index (χ1n) is 12.4. The number of hydrogen-bond acceptors (Lipinski definition) is 4. The summed E-state index contributed by atoms with van der Waals surface area (Å²) in [5, 5.41) is 2.89. The number of anilines is 1. The second-order valence-electron chi connectivity index (χ2n) is 9.62. The Kier molecular flexibility index (Phi) is 10.1. The molecule has 2 amide bonds. The molecule has 0 unspecified atom stereocenters. The molecule has 0 radical (unpaired) electrons. The molecule has 3 rings (SSSR count). The van der Waals surface area contributed by atoms with Crippen molar-refractivity contribution in [3.05, 3.63) is 94.5 Å². The summed E-state index contributed by atoms with van der Waals surface area (Å²) in [4.78, 5) is 28.4. The van der Waals surface area contributed by atoms with Crippen molar-refractivity contribution in [3.63, 3.8) is 0 Å². The maximum atomic E-state index is 13.8. The van der Waals surface area contributed by atoms with Crippen LogP contribution in [0.4, 0.5) is 5.69 Å². The lowest BCUT2D eigenvalue weighted by Crippen LogP contribution is -2.51. The highest BCUT2D eigenvalue weighted by Gasteiger charge is 2.32. The van der Waals surface area contributed by atoms with E-state index in [2.05, 4.69) is 21.2 Å². The van der Waals surface area contributed by atoms with Gasteiger partial charge in [0.1, 0.15) is 12.6 Å². The van der Waals surface area contributed by atoms with Crippen LogP contribution >= 0.6 is 15.9 Å². The van der Waals surface area contributed by atoms with Crippen molar-refractivity contribution in [3.8, 4) is 0 Å². The molecule has 202 valence electrons. The molecule has 0 aliphatic carbocycles. The van der Waals surface area contributed by atoms with Crippen LogP contribution in [0.15, 0.2) is 88.2 Å². The summed E-state index contributed by atoms with van der Waals surface area (Å²) in [6.07, 6.45) is 0. The highest BCUT2D eigenvalue weighted by molar-refractivity contribution is 9.10. The second-order valence-corrected chi connectivity index (χ2v) is 12.4. The molecule has 3 aromatic rings. The van der Waals surface area contributed by atoms with E-state index in [1.807, 2.05) is 45.0 Å². The minimum atomic E-state index is -4.07. The molecule has 0 spiro atoms. The normalized spacial score (nSPS) is 12.2. The van der Waals surface area contributed by atoms with Crippen LogP contribution < -0.4 is 9.62 Å². The molecule has 1 atom stereocenters. The number of nitrogens with zero attached hydrogens (tertiary/aromatic N) is 2. The van der Waals surface area contributed by atoms with Crippen LogP contribution in [0.5, 0.6) is 0 Å². The van der Waals surface area contributed by atoms with Gasteiger partial charge in [0.2, 0.25) is 11.8 Å². The van der Waals surface area contributed by atoms with Gasteiger partial charge in [0.05, 0.1) is 10.6 Å². The van der Waals surface area contributed by atoms with Gasteiger partial charge in [-0.25, -0.2) is 8.42 Å². The molecule has 0 bridgehead atoms. The smallest absolute Gasteiger partial charge is 0.264 e. The summed E-state index contributed by atoms with van der Waals surface area (Å²) in [5.41, 5.74) is 2.10. The number of carbonyl (C=O) groups excluding carboxylic acids is 2. The molecule has 7 nitrogen and oxygen atoms in total. The third-order valence-corrected chi connectivity index (χ3v) is 8.37. The zero-order valence-electron chi connectivity index (χ0n) is 22.1. The lowest BCUT2D eigenvalue weighted by Gasteiger charge is -2.32. The van der Waals surface area contributed by atoms with Crippen LogP contribution in [0.3, 0.4) is 0 Å². The number of amides is 2. The molecule has 1 N–H and O–H groups in total. The summed E-state index contributed by atoms with van der Waals surface area (Å²) in [7, 11) is -4.07. The predicted octanol–water partition coefficient (Wildman–Crippen LogP) is 5.14. The fourth-order valence-electron chi connectivity index (χ4n) is 3.78. The Morgan fingerprint density at radius 2 is 1.50 bits per heavy atom. The molecule has 38 heavy (non-hydrogen) atoms. The summed E-state index contributed by atoms with van der Waals surface area (Å²) >= 11 is 3.42. The topological polar surface area (TPSA) is 86.8 Å². The van der Waals surface area contributed by atoms with Crippen molar-refractivity contribution in [1.82, 2.24) is 10.2 Å². The fourth-order valence-corrected chi connectivity index (χ4v) is 5.46. The molecule has 9 heteroatoms. The average molecular weight is 601 g/mol.